The number of unbranched alkanes of at least 4 members (excludes halogenated alkanes) is 1. The van der Waals surface area contributed by atoms with E-state index in [9.17, 15) is 9.59 Å². The summed E-state index contributed by atoms with van der Waals surface area (Å²) < 4.78 is 4.87. The van der Waals surface area contributed by atoms with E-state index in [1.807, 2.05) is 6.92 Å². The van der Waals surface area contributed by atoms with Crippen LogP contribution in [0.4, 0.5) is 5.82 Å². The SMILES string of the molecule is CCCCNc1[nH]c2nc(C)ccc2c(=O)c1/C=C/C(=O)OCC. The van der Waals surface area contributed by atoms with Crippen molar-refractivity contribution in [1.82, 2.24) is 9.97 Å². The summed E-state index contributed by atoms with van der Waals surface area (Å²) in [5.41, 5.74) is 1.59. The number of fused-ring (bicyclic) bond motifs is 1. The number of carbonyl (C=O) groups is 1. The highest BCUT2D eigenvalue weighted by atomic mass is 16.5. The quantitative estimate of drug-likeness (QED) is 0.463. The highest BCUT2D eigenvalue weighted by Gasteiger charge is 2.11. The minimum absolute atomic E-state index is 0.171. The summed E-state index contributed by atoms with van der Waals surface area (Å²) in [5, 5.41) is 3.71. The van der Waals surface area contributed by atoms with Gasteiger partial charge >= 0.3 is 5.97 Å². The van der Waals surface area contributed by atoms with Gasteiger partial charge in [-0.15, -0.1) is 0 Å². The van der Waals surface area contributed by atoms with Gasteiger partial charge in [0.05, 0.1) is 17.6 Å². The number of aromatic amines is 1. The first-order chi connectivity index (χ1) is 11.6. The Morgan fingerprint density at radius 2 is 2.17 bits per heavy atom. The van der Waals surface area contributed by atoms with Crippen LogP contribution in [0, 0.1) is 6.92 Å². The van der Waals surface area contributed by atoms with Gasteiger partial charge in [0.2, 0.25) is 0 Å². The molecule has 24 heavy (non-hydrogen) atoms. The van der Waals surface area contributed by atoms with E-state index in [2.05, 4.69) is 22.2 Å². The third kappa shape index (κ3) is 4.22. The topological polar surface area (TPSA) is 84.1 Å². The molecule has 6 nitrogen and oxygen atoms in total. The smallest absolute Gasteiger partial charge is 0.330 e. The van der Waals surface area contributed by atoms with Crippen LogP contribution in [-0.2, 0) is 9.53 Å². The van der Waals surface area contributed by atoms with Crippen molar-refractivity contribution in [3.63, 3.8) is 0 Å². The minimum Gasteiger partial charge on any atom is -0.463 e. The maximum atomic E-state index is 12.8. The summed E-state index contributed by atoms with van der Waals surface area (Å²) in [5.74, 6) is 0.0955. The van der Waals surface area contributed by atoms with E-state index in [4.69, 9.17) is 4.74 Å². The van der Waals surface area contributed by atoms with Gasteiger partial charge in [-0.3, -0.25) is 4.79 Å². The van der Waals surface area contributed by atoms with Crippen LogP contribution in [-0.4, -0.2) is 29.1 Å². The van der Waals surface area contributed by atoms with E-state index in [-0.39, 0.29) is 5.43 Å². The van der Waals surface area contributed by atoms with Crippen LogP contribution in [0.2, 0.25) is 0 Å². The molecule has 0 radical (unpaired) electrons. The predicted octanol–water partition coefficient (Wildman–Crippen LogP) is 3.02. The summed E-state index contributed by atoms with van der Waals surface area (Å²) in [6.07, 6.45) is 4.77. The number of rotatable bonds is 7. The molecule has 0 amide bonds. The second kappa shape index (κ2) is 8.29. The van der Waals surface area contributed by atoms with E-state index in [1.54, 1.807) is 19.1 Å². The molecule has 0 bridgehead atoms. The summed E-state index contributed by atoms with van der Waals surface area (Å²) in [4.78, 5) is 31.9. The van der Waals surface area contributed by atoms with Gasteiger partial charge < -0.3 is 15.0 Å². The standard InChI is InChI=1S/C18H23N3O3/c1-4-6-11-19-17-13(9-10-15(22)24-5-2)16(23)14-8-7-12(3)20-18(14)21-17/h7-10H,4-6,11H2,1-3H3,(H2,19,20,21,23)/b10-9+. The Morgan fingerprint density at radius 1 is 1.38 bits per heavy atom. The lowest BCUT2D eigenvalue weighted by atomic mass is 10.1. The number of aromatic nitrogens is 2. The number of aryl methyl sites for hydroxylation is 1. The van der Waals surface area contributed by atoms with Gasteiger partial charge in [0.15, 0.2) is 5.43 Å². The van der Waals surface area contributed by atoms with Gasteiger partial charge in [0.25, 0.3) is 0 Å². The lowest BCUT2D eigenvalue weighted by Gasteiger charge is -2.11. The zero-order chi connectivity index (χ0) is 17.5. The zero-order valence-corrected chi connectivity index (χ0v) is 14.3. The number of H-pyrrole nitrogens is 1. The third-order valence-electron chi connectivity index (χ3n) is 3.54. The Hall–Kier alpha value is -2.63. The first-order valence-electron chi connectivity index (χ1n) is 8.19. The van der Waals surface area contributed by atoms with E-state index in [0.717, 1.165) is 25.1 Å². The van der Waals surface area contributed by atoms with Gasteiger partial charge in [0, 0.05) is 18.3 Å². The van der Waals surface area contributed by atoms with Gasteiger partial charge in [-0.2, -0.15) is 0 Å². The van der Waals surface area contributed by atoms with Crippen molar-refractivity contribution in [2.24, 2.45) is 0 Å². The highest BCUT2D eigenvalue weighted by Crippen LogP contribution is 2.16. The van der Waals surface area contributed by atoms with Crippen molar-refractivity contribution in [1.29, 1.82) is 0 Å². The van der Waals surface area contributed by atoms with E-state index < -0.39 is 5.97 Å². The number of nitrogens with zero attached hydrogens (tertiary/aromatic N) is 1. The average molecular weight is 329 g/mol. The molecule has 2 heterocycles. The number of ether oxygens (including phenoxy) is 1. The van der Waals surface area contributed by atoms with Gasteiger partial charge in [-0.05, 0) is 38.5 Å². The van der Waals surface area contributed by atoms with E-state index in [0.29, 0.717) is 29.0 Å². The van der Waals surface area contributed by atoms with Crippen molar-refractivity contribution in [3.8, 4) is 0 Å². The van der Waals surface area contributed by atoms with Crippen molar-refractivity contribution >= 4 is 28.9 Å². The first kappa shape index (κ1) is 17.7. The van der Waals surface area contributed by atoms with E-state index in [1.165, 1.54) is 12.2 Å². The van der Waals surface area contributed by atoms with Crippen LogP contribution >= 0.6 is 0 Å². The van der Waals surface area contributed by atoms with Crippen molar-refractivity contribution in [2.45, 2.75) is 33.6 Å². The van der Waals surface area contributed by atoms with Crippen LogP contribution in [0.5, 0.6) is 0 Å². The maximum Gasteiger partial charge on any atom is 0.330 e. The molecule has 0 saturated heterocycles. The van der Waals surface area contributed by atoms with Gasteiger partial charge in [-0.1, -0.05) is 13.3 Å². The number of hydrogen-bond acceptors (Lipinski definition) is 5. The Balaban J connectivity index is 2.49. The summed E-state index contributed by atoms with van der Waals surface area (Å²) in [6.45, 7) is 6.72. The summed E-state index contributed by atoms with van der Waals surface area (Å²) in [7, 11) is 0. The molecule has 0 spiro atoms. The second-order valence-electron chi connectivity index (χ2n) is 5.46. The largest absolute Gasteiger partial charge is 0.463 e. The molecule has 0 aliphatic rings. The van der Waals surface area contributed by atoms with E-state index >= 15 is 0 Å². The minimum atomic E-state index is -0.474. The Bertz CT molecular complexity index is 809. The number of esters is 1. The molecule has 2 rings (SSSR count). The first-order valence-corrected chi connectivity index (χ1v) is 8.19. The second-order valence-corrected chi connectivity index (χ2v) is 5.46. The Labute approximate surface area is 140 Å². The van der Waals surface area contributed by atoms with Crippen LogP contribution < -0.4 is 10.7 Å². The van der Waals surface area contributed by atoms with Crippen LogP contribution in [0.15, 0.2) is 23.0 Å². The molecule has 0 saturated carbocycles. The normalized spacial score (nSPS) is 11.1. The molecule has 0 unspecified atom stereocenters. The highest BCUT2D eigenvalue weighted by molar-refractivity contribution is 5.90. The van der Waals surface area contributed by atoms with Crippen LogP contribution in [0.25, 0.3) is 17.1 Å². The molecule has 0 fully saturated rings. The fourth-order valence-electron chi connectivity index (χ4n) is 2.31. The third-order valence-corrected chi connectivity index (χ3v) is 3.54. The molecular formula is C18H23N3O3. The molecule has 128 valence electrons. The van der Waals surface area contributed by atoms with Crippen molar-refractivity contribution in [2.75, 3.05) is 18.5 Å². The number of hydrogen-bond donors (Lipinski definition) is 2. The average Bonchev–Trinajstić information content (AvgIpc) is 2.54. The number of carbonyl (C=O) groups excluding carboxylic acids is 1. The molecule has 0 atom stereocenters. The lowest BCUT2D eigenvalue weighted by molar-refractivity contribution is -0.137. The number of anilines is 1. The summed E-state index contributed by atoms with van der Waals surface area (Å²) >= 11 is 0. The number of nitrogens with one attached hydrogen (secondary N) is 2. The molecule has 0 aliphatic carbocycles. The van der Waals surface area contributed by atoms with Crippen molar-refractivity contribution in [3.05, 3.63) is 39.7 Å². The number of pyridine rings is 2. The zero-order valence-electron chi connectivity index (χ0n) is 14.3. The molecule has 6 heteroatoms. The van der Waals surface area contributed by atoms with Crippen LogP contribution in [0.1, 0.15) is 37.9 Å². The Kier molecular flexibility index (Phi) is 6.12. The molecule has 0 aromatic carbocycles. The fraction of sp³-hybridized carbons (Fsp3) is 0.389. The monoisotopic (exact) mass is 329 g/mol. The summed E-state index contributed by atoms with van der Waals surface area (Å²) in [6, 6.07) is 3.54. The predicted molar refractivity (Wildman–Crippen MR) is 96.2 cm³/mol. The van der Waals surface area contributed by atoms with Crippen molar-refractivity contribution < 1.29 is 9.53 Å². The van der Waals surface area contributed by atoms with Crippen LogP contribution in [0.3, 0.4) is 0 Å². The molecule has 2 aromatic heterocycles. The molecular weight excluding hydrogens is 306 g/mol. The van der Waals surface area contributed by atoms with Gasteiger partial charge in [-0.25, -0.2) is 9.78 Å². The molecule has 2 aromatic rings. The van der Waals surface area contributed by atoms with Gasteiger partial charge in [0.1, 0.15) is 11.5 Å². The molecule has 2 N–H and O–H groups in total. The Morgan fingerprint density at radius 3 is 2.88 bits per heavy atom. The molecule has 0 aliphatic heterocycles. The fourth-order valence-corrected chi connectivity index (χ4v) is 2.31. The lowest BCUT2D eigenvalue weighted by Crippen LogP contribution is -2.15. The maximum absolute atomic E-state index is 12.8.